The zero-order chi connectivity index (χ0) is 80.8. The van der Waals surface area contributed by atoms with Gasteiger partial charge in [0.05, 0.1) is 52.0 Å². The number of amides is 5. The Morgan fingerprint density at radius 3 is 2.08 bits per heavy atom. The molecule has 22 nitrogen and oxygen atoms in total. The van der Waals surface area contributed by atoms with E-state index in [0.717, 1.165) is 128 Å². The molecule has 1 unspecified atom stereocenters. The normalized spacial score (nSPS) is 20.0. The van der Waals surface area contributed by atoms with Crippen LogP contribution in [0.15, 0.2) is 147 Å². The first kappa shape index (κ1) is 86.4. The van der Waals surface area contributed by atoms with Crippen LogP contribution in [0.4, 0.5) is 24.5 Å². The molecule has 0 spiro atoms. The van der Waals surface area contributed by atoms with E-state index in [1.165, 1.54) is 39.9 Å². The number of ether oxygens (including phenoxy) is 1. The standard InChI is InChI=1S/C83H107ClF3N11O11S4/c1-57(59-18-20-61(21-19-59)76-58(2)88-56-111-76)89-79(103)72-50-67(99)54-98(72)80(104)77(81(3,4)5)91-74(100)16-12-7-8-13-17-75(101)97-44-38-94(39-45-97)37-35-82(6)34-32-70(60-22-26-64(84)27-23-60)63(52-82)53-95-40-42-96(43-41-95)66-28-24-62(25-29-66)78(102)92-113(107,108)69-30-31-71(73(51-69)112(105,106)83(85,86)87)90-65(33-36-93-46-48-109-49-47-93)55-110-68-14-10-9-11-15-68/h9-11,14-15,18-31,51,56-57,65,67,72,77,90,99H,7-8,12-13,16-17,32-50,52-55H2,1-6H3,(H,89,103)(H,91,100)(H,92,102)/t57-,65+,67+,72-,77+,82?/m0/s1. The Kier molecular flexibility index (Phi) is 29.5. The fourth-order valence-electron chi connectivity index (χ4n) is 15.6. The molecule has 6 aromatic rings. The van der Waals surface area contributed by atoms with Gasteiger partial charge in [-0.3, -0.25) is 38.7 Å². The van der Waals surface area contributed by atoms with Gasteiger partial charge < -0.3 is 40.5 Å². The molecule has 4 aliphatic heterocycles. The summed E-state index contributed by atoms with van der Waals surface area (Å²) in [6.45, 7) is 22.2. The topological polar surface area (TPSA) is 264 Å². The van der Waals surface area contributed by atoms with Gasteiger partial charge in [0, 0.05) is 137 Å². The van der Waals surface area contributed by atoms with E-state index in [2.05, 4.69) is 59.6 Å². The summed E-state index contributed by atoms with van der Waals surface area (Å²) in [5.74, 6) is -1.62. The minimum atomic E-state index is -6.11. The van der Waals surface area contributed by atoms with Gasteiger partial charge in [-0.05, 0) is 165 Å². The Labute approximate surface area is 676 Å². The number of alkyl halides is 3. The number of allylic oxidation sites excluding steroid dienone is 1. The Balaban J connectivity index is 0.611. The molecule has 4 saturated heterocycles. The lowest BCUT2D eigenvalue weighted by atomic mass is 9.69. The van der Waals surface area contributed by atoms with Crippen LogP contribution < -0.4 is 25.6 Å². The molecule has 113 heavy (non-hydrogen) atoms. The number of carbonyl (C=O) groups excluding carboxylic acids is 5. The van der Waals surface area contributed by atoms with Crippen molar-refractivity contribution in [2.24, 2.45) is 10.8 Å². The third-order valence-electron chi connectivity index (χ3n) is 22.4. The highest BCUT2D eigenvalue weighted by Crippen LogP contribution is 2.46. The average Bonchev–Trinajstić information content (AvgIpc) is 1.48. The number of carbonyl (C=O) groups is 5. The van der Waals surface area contributed by atoms with Gasteiger partial charge in [0.25, 0.3) is 25.8 Å². The highest BCUT2D eigenvalue weighted by Gasteiger charge is 2.49. The summed E-state index contributed by atoms with van der Waals surface area (Å²) < 4.78 is 105. The van der Waals surface area contributed by atoms with Crippen LogP contribution >= 0.6 is 34.7 Å². The van der Waals surface area contributed by atoms with E-state index in [9.17, 15) is 59.1 Å². The number of morpholine rings is 1. The molecule has 5 aromatic carbocycles. The number of hydrogen-bond donors (Lipinski definition) is 5. The number of nitrogens with one attached hydrogen (secondary N) is 4. The monoisotopic (exact) mass is 1650 g/mol. The number of benzene rings is 5. The maximum absolute atomic E-state index is 14.4. The largest absolute Gasteiger partial charge is 0.501 e. The molecule has 612 valence electrons. The number of aromatic nitrogens is 1. The summed E-state index contributed by atoms with van der Waals surface area (Å²) in [6.07, 6.45) is 6.92. The SMILES string of the molecule is Cc1ncsc1-c1ccc([C@H](C)NC(=O)[C@@H]2C[C@@H](O)CN2C(=O)[C@@H](NC(=O)CCCCCCC(=O)N2CCN(CCC3(C)CCC(c4ccc(Cl)cc4)=C(CN4CCN(c5ccc(C(=O)NS(=O)(=O)c6ccc(N[C@H](CCN7CCOCC7)CSc7ccccc7)c(S(=O)(=O)C(F)(F)F)c6)cc5)CC4)C3)CC2)C(C)(C)C)cc1. The summed E-state index contributed by atoms with van der Waals surface area (Å²) in [4.78, 5) is 85.6. The zero-order valence-corrected chi connectivity index (χ0v) is 69.3. The molecule has 0 saturated carbocycles. The van der Waals surface area contributed by atoms with E-state index in [1.807, 2.05) is 116 Å². The molecule has 5 aliphatic rings. The molecule has 0 radical (unpaired) electrons. The smallest absolute Gasteiger partial charge is 0.391 e. The predicted octanol–water partition coefficient (Wildman–Crippen LogP) is 12.5. The highest BCUT2D eigenvalue weighted by atomic mass is 35.5. The molecule has 1 aliphatic carbocycles. The lowest BCUT2D eigenvalue weighted by Gasteiger charge is -2.42. The first-order valence-electron chi connectivity index (χ1n) is 39.2. The van der Waals surface area contributed by atoms with E-state index >= 15 is 0 Å². The van der Waals surface area contributed by atoms with E-state index in [-0.39, 0.29) is 54.1 Å². The molecule has 0 bridgehead atoms. The molecule has 5 N–H and O–H groups in total. The number of likely N-dealkylation sites (tertiary alicyclic amines) is 1. The van der Waals surface area contributed by atoms with Crippen molar-refractivity contribution >= 4 is 101 Å². The average molecular weight is 1660 g/mol. The predicted molar refractivity (Wildman–Crippen MR) is 438 cm³/mol. The van der Waals surface area contributed by atoms with Crippen LogP contribution in [0.1, 0.15) is 145 Å². The van der Waals surface area contributed by atoms with Gasteiger partial charge in [-0.2, -0.15) is 13.2 Å². The minimum absolute atomic E-state index is 0.0178. The van der Waals surface area contributed by atoms with Gasteiger partial charge in [0.2, 0.25) is 23.6 Å². The number of anilines is 2. The second kappa shape index (κ2) is 38.5. The van der Waals surface area contributed by atoms with E-state index < -0.39 is 82.3 Å². The fourth-order valence-corrected chi connectivity index (χ4v) is 19.5. The summed E-state index contributed by atoms with van der Waals surface area (Å²) in [6, 6.07) is 31.4. The van der Waals surface area contributed by atoms with Crippen LogP contribution in [0, 0.1) is 17.8 Å². The lowest BCUT2D eigenvalue weighted by Crippen LogP contribution is -2.57. The van der Waals surface area contributed by atoms with E-state index in [4.69, 9.17) is 16.3 Å². The van der Waals surface area contributed by atoms with Crippen molar-refractivity contribution in [3.8, 4) is 10.4 Å². The van der Waals surface area contributed by atoms with Gasteiger partial charge in [-0.15, -0.1) is 23.1 Å². The Hall–Kier alpha value is -7.45. The van der Waals surface area contributed by atoms with Crippen LogP contribution in [0.2, 0.25) is 5.02 Å². The fraction of sp³-hybridized carbons (Fsp3) is 0.518. The summed E-state index contributed by atoms with van der Waals surface area (Å²) >= 11 is 9.40. The molecular formula is C83H107ClF3N11O11S4. The number of sulfone groups is 1. The number of rotatable bonds is 32. The van der Waals surface area contributed by atoms with Crippen molar-refractivity contribution < 1.29 is 63.8 Å². The number of β-amino-alcohol motifs (C(OH)–C–C–N with tert-alkyl or cyclic N) is 1. The number of halogens is 4. The maximum Gasteiger partial charge on any atom is 0.501 e. The van der Waals surface area contributed by atoms with Crippen molar-refractivity contribution in [3.63, 3.8) is 0 Å². The summed E-state index contributed by atoms with van der Waals surface area (Å²) in [5, 5.41) is 20.5. The molecular weight excluding hydrogens is 1550 g/mol. The number of nitrogens with zero attached hydrogens (tertiary/aromatic N) is 7. The number of thioether (sulfide) groups is 1. The number of aliphatic hydroxyl groups excluding tert-OH is 1. The van der Waals surface area contributed by atoms with Gasteiger partial charge in [-0.25, -0.2) is 26.5 Å². The first-order chi connectivity index (χ1) is 53.8. The van der Waals surface area contributed by atoms with Crippen LogP contribution in [-0.2, 0) is 43.8 Å². The van der Waals surface area contributed by atoms with Crippen molar-refractivity contribution in [1.82, 2.24) is 44.8 Å². The number of sulfonamides is 1. The quantitative estimate of drug-likeness (QED) is 0.0194. The second-order valence-electron chi connectivity index (χ2n) is 31.9. The maximum atomic E-state index is 14.4. The van der Waals surface area contributed by atoms with Crippen molar-refractivity contribution in [1.29, 1.82) is 0 Å². The molecule has 4 fully saturated rings. The van der Waals surface area contributed by atoms with Crippen LogP contribution in [-0.4, -0.2) is 221 Å². The second-order valence-corrected chi connectivity index (χ2v) is 37.9. The van der Waals surface area contributed by atoms with Crippen LogP contribution in [0.3, 0.4) is 0 Å². The molecule has 5 amide bonds. The third kappa shape index (κ3) is 23.2. The molecule has 6 atom stereocenters. The number of piperazine rings is 2. The van der Waals surface area contributed by atoms with Gasteiger partial charge >= 0.3 is 5.51 Å². The Morgan fingerprint density at radius 1 is 0.770 bits per heavy atom. The van der Waals surface area contributed by atoms with Crippen molar-refractivity contribution in [2.75, 3.05) is 121 Å². The highest BCUT2D eigenvalue weighted by molar-refractivity contribution is 7.99. The molecule has 1 aromatic heterocycles. The third-order valence-corrected chi connectivity index (χ3v) is 27.7. The Morgan fingerprint density at radius 2 is 1.42 bits per heavy atom. The number of thiazole rings is 1. The Bertz CT molecular complexity index is 4520. The summed E-state index contributed by atoms with van der Waals surface area (Å²) in [7, 11) is -11.0. The molecule has 11 rings (SSSR count). The van der Waals surface area contributed by atoms with Crippen LogP contribution in [0.25, 0.3) is 16.0 Å². The molecule has 30 heteroatoms. The number of aliphatic hydroxyl groups is 1. The van der Waals surface area contributed by atoms with Gasteiger partial charge in [0.15, 0.2) is 0 Å². The summed E-state index contributed by atoms with van der Waals surface area (Å²) in [5.41, 5.74) is 2.51. The zero-order valence-electron chi connectivity index (χ0n) is 65.3. The van der Waals surface area contributed by atoms with E-state index in [0.29, 0.717) is 102 Å². The van der Waals surface area contributed by atoms with Gasteiger partial charge in [0.1, 0.15) is 17.0 Å². The van der Waals surface area contributed by atoms with E-state index in [1.54, 1.807) is 23.5 Å². The minimum Gasteiger partial charge on any atom is -0.391 e. The van der Waals surface area contributed by atoms with Crippen molar-refractivity contribution in [2.45, 2.75) is 169 Å². The number of unbranched alkanes of at least 4 members (excludes halogenated alkanes) is 3. The van der Waals surface area contributed by atoms with Crippen LogP contribution in [0.5, 0.6) is 0 Å². The number of aryl methyl sites for hydroxylation is 1. The number of hydrogen-bond acceptors (Lipinski definition) is 19. The van der Waals surface area contributed by atoms with Crippen molar-refractivity contribution in [3.05, 3.63) is 160 Å². The first-order valence-corrected chi connectivity index (χ1v) is 44.4. The lowest BCUT2D eigenvalue weighted by molar-refractivity contribution is -0.144. The molecule has 5 heterocycles. The van der Waals surface area contributed by atoms with Gasteiger partial charge in [-0.1, -0.05) is 112 Å².